The molecule has 1 aromatic carbocycles. The molecular weight excluding hydrogens is 347 g/mol. The summed E-state index contributed by atoms with van der Waals surface area (Å²) in [6.45, 7) is 5.86. The molecule has 0 amide bonds. The Bertz CT molecular complexity index is 413. The van der Waals surface area contributed by atoms with E-state index in [-0.39, 0.29) is 11.6 Å². The van der Waals surface area contributed by atoms with Crippen molar-refractivity contribution in [2.45, 2.75) is 26.4 Å². The van der Waals surface area contributed by atoms with Gasteiger partial charge in [0, 0.05) is 3.57 Å². The van der Waals surface area contributed by atoms with E-state index in [2.05, 4.69) is 22.6 Å². The smallest absolute Gasteiger partial charge is 0.341 e. The fraction of sp³-hybridized carbons (Fsp3) is 0.417. The van der Waals surface area contributed by atoms with Gasteiger partial charge in [-0.2, -0.15) is 0 Å². The van der Waals surface area contributed by atoms with E-state index in [1.165, 1.54) is 0 Å². The van der Waals surface area contributed by atoms with Crippen LogP contribution >= 0.6 is 22.6 Å². The Morgan fingerprint density at radius 1 is 1.41 bits per heavy atom. The van der Waals surface area contributed by atoms with Crippen LogP contribution < -0.4 is 4.74 Å². The van der Waals surface area contributed by atoms with Crippen LogP contribution in [0.25, 0.3) is 0 Å². The predicted molar refractivity (Wildman–Crippen MR) is 79.8 cm³/mol. The highest BCUT2D eigenvalue weighted by atomic mass is 127. The molecule has 0 heterocycles. The molecule has 0 spiro atoms. The largest absolute Gasteiger partial charge is 0.487 e. The van der Waals surface area contributed by atoms with Crippen LogP contribution in [0.15, 0.2) is 18.2 Å². The molecule has 1 aromatic rings. The Balaban J connectivity index is 3.08. The molecule has 0 atom stereocenters. The lowest BCUT2D eigenvalue weighted by Gasteiger charge is -2.23. The first-order valence-corrected chi connectivity index (χ1v) is 7.98. The maximum absolute atomic E-state index is 11.8. The van der Waals surface area contributed by atoms with E-state index in [1.807, 2.05) is 32.9 Å². The van der Waals surface area contributed by atoms with Gasteiger partial charge in [-0.05, 0) is 61.6 Å². The molecule has 1 rings (SSSR count). The highest BCUT2D eigenvalue weighted by Gasteiger charge is 2.19. The van der Waals surface area contributed by atoms with Crippen LogP contribution in [0, 0.1) is 3.57 Å². The number of esters is 1. The van der Waals surface area contributed by atoms with Crippen molar-refractivity contribution in [2.75, 3.05) is 6.23 Å². The van der Waals surface area contributed by atoms with Crippen molar-refractivity contribution < 1.29 is 14.3 Å². The first-order chi connectivity index (χ1) is 7.83. The lowest BCUT2D eigenvalue weighted by molar-refractivity contribution is 0.0559. The molecule has 3 nitrogen and oxygen atoms in total. The topological polar surface area (TPSA) is 35.5 Å². The third kappa shape index (κ3) is 4.67. The van der Waals surface area contributed by atoms with Gasteiger partial charge in [0.15, 0.2) is 0 Å². The third-order valence-corrected chi connectivity index (χ3v) is 2.81. The molecule has 0 saturated carbocycles. The first kappa shape index (κ1) is 14.5. The van der Waals surface area contributed by atoms with E-state index < -0.39 is 0 Å². The standard InChI is InChI=1S/C12H17IO3Si/c1-12(2,3)16-10-6-8(13)4-5-9(10)11(14)15-7-17/h4-6H,7H2,1-3,17H3. The SMILES string of the molecule is CC(C)(C)Oc1cc(I)ccc1C(=O)OC[SiH3]. The molecule has 5 heteroatoms. The molecular formula is C12H17IO3Si. The molecule has 0 aromatic heterocycles. The van der Waals surface area contributed by atoms with Gasteiger partial charge in [-0.1, -0.05) is 0 Å². The average Bonchev–Trinajstić information content (AvgIpc) is 2.15. The van der Waals surface area contributed by atoms with Crippen molar-refractivity contribution in [2.24, 2.45) is 0 Å². The van der Waals surface area contributed by atoms with Gasteiger partial charge in [-0.25, -0.2) is 4.79 Å². The molecule has 0 aliphatic rings. The van der Waals surface area contributed by atoms with Crippen LogP contribution in [0.5, 0.6) is 5.75 Å². The van der Waals surface area contributed by atoms with Gasteiger partial charge >= 0.3 is 5.97 Å². The van der Waals surface area contributed by atoms with Gasteiger partial charge in [-0.15, -0.1) is 0 Å². The minimum atomic E-state index is -0.333. The van der Waals surface area contributed by atoms with Gasteiger partial charge in [0.1, 0.15) is 16.9 Å². The molecule has 0 fully saturated rings. The number of benzene rings is 1. The van der Waals surface area contributed by atoms with E-state index in [9.17, 15) is 4.79 Å². The molecule has 0 radical (unpaired) electrons. The fourth-order valence-electron chi connectivity index (χ4n) is 1.29. The second-order valence-corrected chi connectivity index (χ2v) is 6.40. The zero-order valence-corrected chi connectivity index (χ0v) is 14.7. The maximum Gasteiger partial charge on any atom is 0.341 e. The Kier molecular flexibility index (Phi) is 5.00. The molecule has 0 aliphatic heterocycles. The Hall–Kier alpha value is -0.563. The van der Waals surface area contributed by atoms with Gasteiger partial charge in [0.05, 0.1) is 16.5 Å². The first-order valence-electron chi connectivity index (χ1n) is 5.49. The number of ether oxygens (including phenoxy) is 2. The van der Waals surface area contributed by atoms with Crippen molar-refractivity contribution in [1.29, 1.82) is 0 Å². The predicted octanol–water partition coefficient (Wildman–Crippen LogP) is 1.95. The van der Waals surface area contributed by atoms with Crippen LogP contribution in [-0.2, 0) is 4.74 Å². The highest BCUT2D eigenvalue weighted by Crippen LogP contribution is 2.26. The Morgan fingerprint density at radius 2 is 2.06 bits per heavy atom. The normalized spacial score (nSPS) is 11.3. The van der Waals surface area contributed by atoms with Crippen molar-refractivity contribution >= 4 is 38.8 Å². The number of rotatable bonds is 3. The minimum absolute atomic E-state index is 0.310. The molecule has 17 heavy (non-hydrogen) atoms. The van der Waals surface area contributed by atoms with E-state index in [0.717, 1.165) is 13.8 Å². The van der Waals surface area contributed by atoms with E-state index in [0.29, 0.717) is 17.5 Å². The lowest BCUT2D eigenvalue weighted by atomic mass is 10.1. The highest BCUT2D eigenvalue weighted by molar-refractivity contribution is 14.1. The van der Waals surface area contributed by atoms with Crippen LogP contribution in [0.2, 0.25) is 0 Å². The Labute approximate surface area is 118 Å². The quantitative estimate of drug-likeness (QED) is 0.467. The monoisotopic (exact) mass is 364 g/mol. The zero-order chi connectivity index (χ0) is 13.1. The summed E-state index contributed by atoms with van der Waals surface area (Å²) in [6, 6.07) is 5.48. The van der Waals surface area contributed by atoms with Gasteiger partial charge in [0.2, 0.25) is 0 Å². The van der Waals surface area contributed by atoms with Gasteiger partial charge in [-0.3, -0.25) is 0 Å². The molecule has 0 N–H and O–H groups in total. The number of carbonyl (C=O) groups is 1. The summed E-state index contributed by atoms with van der Waals surface area (Å²) in [6.07, 6.45) is 0.500. The molecule has 0 bridgehead atoms. The maximum atomic E-state index is 11.8. The summed E-state index contributed by atoms with van der Waals surface area (Å²) in [5, 5.41) is 0. The Morgan fingerprint density at radius 3 is 2.59 bits per heavy atom. The van der Waals surface area contributed by atoms with Crippen molar-refractivity contribution in [1.82, 2.24) is 0 Å². The number of halogens is 1. The molecule has 0 unspecified atom stereocenters. The number of carbonyl (C=O) groups excluding carboxylic acids is 1. The van der Waals surface area contributed by atoms with Crippen molar-refractivity contribution in [3.63, 3.8) is 0 Å². The van der Waals surface area contributed by atoms with Crippen molar-refractivity contribution in [3.05, 3.63) is 27.3 Å². The van der Waals surface area contributed by atoms with Crippen LogP contribution in [0.4, 0.5) is 0 Å². The van der Waals surface area contributed by atoms with Gasteiger partial charge in [0.25, 0.3) is 0 Å². The summed E-state index contributed by atoms with van der Waals surface area (Å²) < 4.78 is 11.9. The summed E-state index contributed by atoms with van der Waals surface area (Å²) in [5.41, 5.74) is 0.164. The second kappa shape index (κ2) is 5.86. The summed E-state index contributed by atoms with van der Waals surface area (Å²) >= 11 is 2.19. The van der Waals surface area contributed by atoms with Crippen LogP contribution in [0.3, 0.4) is 0 Å². The fourth-order valence-corrected chi connectivity index (χ4v) is 2.01. The third-order valence-electron chi connectivity index (χ3n) is 1.86. The molecule has 94 valence electrons. The van der Waals surface area contributed by atoms with Crippen LogP contribution in [-0.4, -0.2) is 28.0 Å². The average molecular weight is 364 g/mol. The minimum Gasteiger partial charge on any atom is -0.487 e. The number of hydrogen-bond donors (Lipinski definition) is 0. The van der Waals surface area contributed by atoms with Crippen molar-refractivity contribution in [3.8, 4) is 5.75 Å². The summed E-state index contributed by atoms with van der Waals surface area (Å²) in [5.74, 6) is 0.278. The molecule has 0 saturated heterocycles. The van der Waals surface area contributed by atoms with Gasteiger partial charge < -0.3 is 9.47 Å². The number of hydrogen-bond acceptors (Lipinski definition) is 3. The second-order valence-electron chi connectivity index (χ2n) is 4.58. The zero-order valence-electron chi connectivity index (χ0n) is 10.5. The van der Waals surface area contributed by atoms with E-state index in [4.69, 9.17) is 9.47 Å². The van der Waals surface area contributed by atoms with E-state index in [1.54, 1.807) is 6.07 Å². The lowest BCUT2D eigenvalue weighted by Crippen LogP contribution is -2.24. The summed E-state index contributed by atoms with van der Waals surface area (Å²) in [4.78, 5) is 11.8. The van der Waals surface area contributed by atoms with Crippen LogP contribution in [0.1, 0.15) is 31.1 Å². The molecule has 0 aliphatic carbocycles. The summed E-state index contributed by atoms with van der Waals surface area (Å²) in [7, 11) is 0.842. The van der Waals surface area contributed by atoms with E-state index >= 15 is 0 Å².